The average molecular weight is 1020 g/mol. The molecule has 0 saturated carbocycles. The maximum atomic E-state index is 12.5. The van der Waals surface area contributed by atoms with Gasteiger partial charge in [-0.1, -0.05) is 158 Å². The quantitative estimate of drug-likeness (QED) is 0.124. The minimum atomic E-state index is -4.41. The molecule has 0 bridgehead atoms. The summed E-state index contributed by atoms with van der Waals surface area (Å²) in [5, 5.41) is 0. The van der Waals surface area contributed by atoms with Crippen LogP contribution in [0, 0.1) is 23.5 Å². The van der Waals surface area contributed by atoms with Crippen molar-refractivity contribution in [3.63, 3.8) is 0 Å². The van der Waals surface area contributed by atoms with Crippen molar-refractivity contribution in [1.29, 1.82) is 0 Å². The van der Waals surface area contributed by atoms with Gasteiger partial charge in [-0.15, -0.1) is 16.7 Å². The van der Waals surface area contributed by atoms with E-state index >= 15 is 0 Å². The molecule has 0 fully saturated rings. The fourth-order valence-corrected chi connectivity index (χ4v) is 8.72. The molecule has 0 N–H and O–H groups in total. The van der Waals surface area contributed by atoms with E-state index in [1.807, 2.05) is 0 Å². The van der Waals surface area contributed by atoms with E-state index < -0.39 is 23.5 Å². The zero-order chi connectivity index (χ0) is 47.9. The Hall–Kier alpha value is -2.73. The molecular formula is C56H68Cl2F6Zr-2. The van der Waals surface area contributed by atoms with E-state index in [0.29, 0.717) is 25.7 Å². The van der Waals surface area contributed by atoms with Gasteiger partial charge in [0.2, 0.25) is 0 Å². The number of hydrogen-bond acceptors (Lipinski definition) is 0. The van der Waals surface area contributed by atoms with E-state index in [1.54, 1.807) is 0 Å². The van der Waals surface area contributed by atoms with E-state index in [1.165, 1.54) is 87.2 Å². The van der Waals surface area contributed by atoms with Crippen LogP contribution in [0.4, 0.5) is 26.3 Å². The molecule has 1 atom stereocenters. The van der Waals surface area contributed by atoms with Crippen LogP contribution >= 0.6 is 0 Å². The third kappa shape index (κ3) is 15.1. The summed E-state index contributed by atoms with van der Waals surface area (Å²) < 4.78 is 75.6. The summed E-state index contributed by atoms with van der Waals surface area (Å²) in [6, 6.07) is 20.5. The van der Waals surface area contributed by atoms with Gasteiger partial charge >= 0.3 is 137 Å². The number of hydrogen-bond donors (Lipinski definition) is 0. The van der Waals surface area contributed by atoms with Crippen LogP contribution in [-0.2, 0) is 64.7 Å². The fraction of sp³-hybridized carbons (Fsp3) is 0.482. The van der Waals surface area contributed by atoms with Crippen LogP contribution in [0.5, 0.6) is 0 Å². The molecule has 4 aromatic rings. The van der Waals surface area contributed by atoms with Crippen LogP contribution in [-0.4, -0.2) is 3.21 Å². The van der Waals surface area contributed by atoms with Crippen molar-refractivity contribution < 1.29 is 75.4 Å². The minimum absolute atomic E-state index is 0. The smallest absolute Gasteiger partial charge is 1.00 e. The summed E-state index contributed by atoms with van der Waals surface area (Å²) in [4.78, 5) is 0. The number of alkyl halides is 6. The summed E-state index contributed by atoms with van der Waals surface area (Å²) in [5.74, 6) is 0.587. The molecule has 2 aliphatic rings. The first-order valence-electron chi connectivity index (χ1n) is 22.1. The Balaban J connectivity index is 0.000000357. The van der Waals surface area contributed by atoms with Gasteiger partial charge in [0.05, 0.1) is 0 Å². The number of fused-ring (bicyclic) bond motifs is 3. The van der Waals surface area contributed by atoms with E-state index in [9.17, 15) is 26.3 Å². The van der Waals surface area contributed by atoms with Crippen molar-refractivity contribution in [3.8, 4) is 11.1 Å². The summed E-state index contributed by atoms with van der Waals surface area (Å²) in [7, 11) is 0. The molecule has 6 rings (SSSR count). The van der Waals surface area contributed by atoms with Gasteiger partial charge in [0.25, 0.3) is 0 Å². The first-order chi connectivity index (χ1) is 28.5. The zero-order valence-corrected chi connectivity index (χ0v) is 45.2. The van der Waals surface area contributed by atoms with Gasteiger partial charge in [-0.3, -0.25) is 6.08 Å². The van der Waals surface area contributed by atoms with Crippen molar-refractivity contribution in [2.75, 3.05) is 0 Å². The van der Waals surface area contributed by atoms with Gasteiger partial charge in [-0.2, -0.15) is 29.3 Å². The van der Waals surface area contributed by atoms with Gasteiger partial charge in [0.1, 0.15) is 0 Å². The predicted molar refractivity (Wildman–Crippen MR) is 248 cm³/mol. The third-order valence-electron chi connectivity index (χ3n) is 11.5. The van der Waals surface area contributed by atoms with Gasteiger partial charge < -0.3 is 24.8 Å². The van der Waals surface area contributed by atoms with Crippen LogP contribution < -0.4 is 24.8 Å². The molecule has 0 spiro atoms. The largest absolute Gasteiger partial charge is 1.00 e. The van der Waals surface area contributed by atoms with Crippen molar-refractivity contribution in [1.82, 2.24) is 0 Å². The van der Waals surface area contributed by atoms with E-state index in [4.69, 9.17) is 0 Å². The number of benzene rings is 4. The first-order valence-corrected chi connectivity index (χ1v) is 23.3. The summed E-state index contributed by atoms with van der Waals surface area (Å²) in [5.41, 5.74) is 13.3. The second-order valence-electron chi connectivity index (χ2n) is 22.3. The van der Waals surface area contributed by atoms with Crippen molar-refractivity contribution in [3.05, 3.63) is 152 Å². The Bertz CT molecular complexity index is 2170. The van der Waals surface area contributed by atoms with Crippen LogP contribution in [0.25, 0.3) is 11.1 Å². The molecule has 1 unspecified atom stereocenters. The number of allylic oxidation sites excluding steroid dienone is 4. The molecule has 0 radical (unpaired) electrons. The Morgan fingerprint density at radius 2 is 0.985 bits per heavy atom. The number of rotatable bonds is 4. The molecule has 0 aliphatic heterocycles. The molecule has 0 heterocycles. The monoisotopic (exact) mass is 1010 g/mol. The van der Waals surface area contributed by atoms with Crippen molar-refractivity contribution in [2.24, 2.45) is 11.3 Å². The molecule has 0 saturated heterocycles. The molecule has 0 amide bonds. The Morgan fingerprint density at radius 1 is 0.569 bits per heavy atom. The van der Waals surface area contributed by atoms with Crippen LogP contribution in [0.1, 0.15) is 179 Å². The van der Waals surface area contributed by atoms with Crippen LogP contribution in [0.2, 0.25) is 0 Å². The van der Waals surface area contributed by atoms with Crippen LogP contribution in [0.3, 0.4) is 0 Å². The Kier molecular flexibility index (Phi) is 19.1. The molecule has 354 valence electrons. The summed E-state index contributed by atoms with van der Waals surface area (Å²) in [6.07, 6.45) is 2.61. The van der Waals surface area contributed by atoms with Crippen molar-refractivity contribution in [2.45, 2.75) is 164 Å². The maximum absolute atomic E-state index is 12.5. The Labute approximate surface area is 414 Å². The topological polar surface area (TPSA) is 0 Å². The molecule has 0 aromatic heterocycles. The van der Waals surface area contributed by atoms with E-state index in [2.05, 4.69) is 153 Å². The molecular weight excluding hydrogens is 949 g/mol. The number of halogens is 8. The summed E-state index contributed by atoms with van der Waals surface area (Å²) >= 11 is 0.898. The summed E-state index contributed by atoms with van der Waals surface area (Å²) in [6.45, 7) is 37.0. The Morgan fingerprint density at radius 3 is 1.34 bits per heavy atom. The third-order valence-corrected chi connectivity index (χ3v) is 13.0. The van der Waals surface area contributed by atoms with E-state index in [-0.39, 0.29) is 46.5 Å². The maximum Gasteiger partial charge on any atom is -1.00 e. The zero-order valence-electron chi connectivity index (χ0n) is 41.2. The fourth-order valence-electron chi connectivity index (χ4n) is 7.90. The first kappa shape index (κ1) is 58.4. The molecule has 2 aliphatic carbocycles. The van der Waals surface area contributed by atoms with Gasteiger partial charge in [-0.05, 0) is 39.4 Å². The molecule has 9 heteroatoms. The van der Waals surface area contributed by atoms with Crippen LogP contribution in [0.15, 0.2) is 84.5 Å². The average Bonchev–Trinajstić information content (AvgIpc) is 3.77. The SMILES string of the molecule is CC(C)(C)c1[c-]c2c(cc1C(C)(C)C)-c1cc(C(C)(C)C)c(C(C)(C)C)cc1C2.CCCC1[C-]=CC(C(C)(C)C)=C1.FC(F)(F)c1ccc([C](=[Zr+2])c2ccc(C(F)(F)F)cc2)cc1.[Cl-].[Cl-]. The minimum Gasteiger partial charge on any atom is -1.00 e. The molecule has 65 heavy (non-hydrogen) atoms. The standard InChI is InChI=1S/C29H41.C15H8F6.C12H19.2ClH.Zr/c1-26(2,3)22-14-18-13-19-15-23(27(4,5)6)25(29(10,11)12)17-21(19)20(18)16-24(22)28(7,8)9;16-14(17,18)12-5-1-10(2-6-12)9-11-3-7-13(8-4-11)15(19,20)21;1-5-6-10-7-8-11(9-10)12(2,3)4;;;/h14,16-17H,13H2,1-12H3;1-8H;8-10H,5-6H2,1-4H3;2*1H;/q-1;;-1;;;+2/p-2. The molecule has 0 nitrogen and oxygen atoms in total. The second-order valence-corrected chi connectivity index (χ2v) is 23.5. The molecule has 4 aromatic carbocycles. The van der Waals surface area contributed by atoms with Gasteiger partial charge in [-0.25, -0.2) is 6.08 Å². The second kappa shape index (κ2) is 21.3. The van der Waals surface area contributed by atoms with E-state index in [0.717, 1.165) is 54.9 Å². The predicted octanol–water partition coefficient (Wildman–Crippen LogP) is 10.8. The normalized spacial score (nSPS) is 15.0. The van der Waals surface area contributed by atoms with Gasteiger partial charge in [0, 0.05) is 0 Å². The van der Waals surface area contributed by atoms with Crippen molar-refractivity contribution >= 4 is 3.21 Å². The van der Waals surface area contributed by atoms with Gasteiger partial charge in [0.15, 0.2) is 0 Å².